The summed E-state index contributed by atoms with van der Waals surface area (Å²) < 4.78 is 5.06. The van der Waals surface area contributed by atoms with Crippen molar-refractivity contribution < 1.29 is 14.3 Å². The maximum atomic E-state index is 12.0. The maximum absolute atomic E-state index is 12.0. The number of carbonyl (C=O) groups excluding carboxylic acids is 2. The summed E-state index contributed by atoms with van der Waals surface area (Å²) in [4.78, 5) is 25.2. The van der Waals surface area contributed by atoms with Crippen LogP contribution in [0.2, 0.25) is 0 Å². The van der Waals surface area contributed by atoms with Crippen molar-refractivity contribution >= 4 is 11.9 Å². The normalized spacial score (nSPS) is 15.5. The predicted molar refractivity (Wildman–Crippen MR) is 103 cm³/mol. The van der Waals surface area contributed by atoms with Gasteiger partial charge < -0.3 is 10.1 Å². The summed E-state index contributed by atoms with van der Waals surface area (Å²) in [5, 5.41) is 15.0. The van der Waals surface area contributed by atoms with Gasteiger partial charge in [0.1, 0.15) is 0 Å². The summed E-state index contributed by atoms with van der Waals surface area (Å²) in [5.74, 6) is -0.388. The van der Waals surface area contributed by atoms with Crippen molar-refractivity contribution in [3.8, 4) is 11.4 Å². The van der Waals surface area contributed by atoms with Crippen LogP contribution in [0.15, 0.2) is 24.3 Å². The summed E-state index contributed by atoms with van der Waals surface area (Å²) in [5.41, 5.74) is 1.96. The van der Waals surface area contributed by atoms with Crippen LogP contribution < -0.4 is 5.32 Å². The Morgan fingerprint density at radius 3 is 2.50 bits per heavy atom. The molecule has 1 aromatic carbocycles. The Morgan fingerprint density at radius 2 is 1.79 bits per heavy atom. The quantitative estimate of drug-likeness (QED) is 0.767. The van der Waals surface area contributed by atoms with Crippen molar-refractivity contribution in [2.75, 3.05) is 6.61 Å². The third-order valence-electron chi connectivity index (χ3n) is 4.87. The molecular formula is C20H27N5O3. The van der Waals surface area contributed by atoms with Crippen LogP contribution in [0.1, 0.15) is 50.5 Å². The van der Waals surface area contributed by atoms with Gasteiger partial charge in [-0.1, -0.05) is 61.9 Å². The number of carbonyl (C=O) groups is 2. The number of aromatic nitrogens is 4. The van der Waals surface area contributed by atoms with Crippen LogP contribution in [0, 0.1) is 6.92 Å². The monoisotopic (exact) mass is 385 g/mol. The molecule has 8 heteroatoms. The Morgan fingerprint density at radius 1 is 1.11 bits per heavy atom. The highest BCUT2D eigenvalue weighted by molar-refractivity contribution is 5.80. The number of hydrogen-bond donors (Lipinski definition) is 1. The van der Waals surface area contributed by atoms with Gasteiger partial charge in [-0.3, -0.25) is 4.79 Å². The lowest BCUT2D eigenvalue weighted by Crippen LogP contribution is -2.38. The van der Waals surface area contributed by atoms with Crippen LogP contribution in [0.25, 0.3) is 11.4 Å². The zero-order valence-corrected chi connectivity index (χ0v) is 16.3. The number of benzene rings is 1. The Kier molecular flexibility index (Phi) is 7.11. The molecule has 1 amide bonds. The van der Waals surface area contributed by atoms with Crippen LogP contribution in [0.3, 0.4) is 0 Å². The predicted octanol–water partition coefficient (Wildman–Crippen LogP) is 2.42. The number of esters is 1. The molecule has 0 atom stereocenters. The zero-order valence-electron chi connectivity index (χ0n) is 16.3. The van der Waals surface area contributed by atoms with Gasteiger partial charge >= 0.3 is 5.97 Å². The number of tetrazole rings is 1. The second-order valence-electron chi connectivity index (χ2n) is 7.28. The molecule has 1 fully saturated rings. The fourth-order valence-electron chi connectivity index (χ4n) is 3.31. The highest BCUT2D eigenvalue weighted by Crippen LogP contribution is 2.17. The van der Waals surface area contributed by atoms with Gasteiger partial charge in [-0.05, 0) is 25.0 Å². The highest BCUT2D eigenvalue weighted by atomic mass is 16.5. The maximum Gasteiger partial charge on any atom is 0.330 e. The molecule has 0 unspecified atom stereocenters. The van der Waals surface area contributed by atoms with Gasteiger partial charge in [0, 0.05) is 11.6 Å². The molecule has 150 valence electrons. The van der Waals surface area contributed by atoms with Crippen LogP contribution >= 0.6 is 0 Å². The topological polar surface area (TPSA) is 99.0 Å². The molecule has 1 N–H and O–H groups in total. The first-order valence-electron chi connectivity index (χ1n) is 9.90. The van der Waals surface area contributed by atoms with Gasteiger partial charge in [0.25, 0.3) is 5.91 Å². The second-order valence-corrected chi connectivity index (χ2v) is 7.28. The SMILES string of the molecule is Cc1ccc(-c2nnn(CC(=O)OCC(=O)NC3CCCCCCC3)n2)cc1. The first kappa shape index (κ1) is 20.0. The average Bonchev–Trinajstić information content (AvgIpc) is 3.11. The lowest BCUT2D eigenvalue weighted by molar-refractivity contribution is -0.149. The van der Waals surface area contributed by atoms with E-state index in [0.29, 0.717) is 5.82 Å². The number of ether oxygens (including phenoxy) is 1. The number of nitrogens with one attached hydrogen (secondary N) is 1. The number of amides is 1. The van der Waals surface area contributed by atoms with Gasteiger partial charge in [0.05, 0.1) is 0 Å². The molecule has 1 heterocycles. The number of aryl methyl sites for hydroxylation is 1. The molecule has 0 radical (unpaired) electrons. The fourth-order valence-corrected chi connectivity index (χ4v) is 3.31. The van der Waals surface area contributed by atoms with Crippen molar-refractivity contribution in [2.24, 2.45) is 0 Å². The van der Waals surface area contributed by atoms with Gasteiger partial charge in [0.15, 0.2) is 13.2 Å². The van der Waals surface area contributed by atoms with E-state index in [1.165, 1.54) is 24.1 Å². The van der Waals surface area contributed by atoms with Crippen molar-refractivity contribution in [2.45, 2.75) is 64.5 Å². The molecule has 0 bridgehead atoms. The van der Waals surface area contributed by atoms with Gasteiger partial charge in [0.2, 0.25) is 5.82 Å². The van der Waals surface area contributed by atoms with E-state index in [0.717, 1.165) is 36.8 Å². The van der Waals surface area contributed by atoms with Gasteiger partial charge in [-0.15, -0.1) is 10.2 Å². The third kappa shape index (κ3) is 6.14. The highest BCUT2D eigenvalue weighted by Gasteiger charge is 2.16. The van der Waals surface area contributed by atoms with E-state index in [-0.39, 0.29) is 25.1 Å². The minimum absolute atomic E-state index is 0.181. The average molecular weight is 385 g/mol. The molecule has 0 spiro atoms. The Labute approximate surface area is 164 Å². The van der Waals surface area contributed by atoms with Crippen LogP contribution in [-0.2, 0) is 20.9 Å². The lowest BCUT2D eigenvalue weighted by atomic mass is 9.97. The third-order valence-corrected chi connectivity index (χ3v) is 4.87. The molecule has 1 aliphatic rings. The molecule has 1 aromatic heterocycles. The molecule has 1 saturated carbocycles. The van der Waals surface area contributed by atoms with Crippen molar-refractivity contribution in [1.82, 2.24) is 25.5 Å². The van der Waals surface area contributed by atoms with E-state index in [9.17, 15) is 9.59 Å². The largest absolute Gasteiger partial charge is 0.454 e. The summed E-state index contributed by atoms with van der Waals surface area (Å²) in [6.45, 7) is 1.53. The van der Waals surface area contributed by atoms with Crippen LogP contribution in [0.4, 0.5) is 0 Å². The van der Waals surface area contributed by atoms with Crippen LogP contribution in [0.5, 0.6) is 0 Å². The van der Waals surface area contributed by atoms with Gasteiger partial charge in [-0.2, -0.15) is 4.80 Å². The Bertz CT molecular complexity index is 779. The van der Waals surface area contributed by atoms with E-state index in [4.69, 9.17) is 4.74 Å². The first-order chi connectivity index (χ1) is 13.6. The Balaban J connectivity index is 1.42. The van der Waals surface area contributed by atoms with E-state index >= 15 is 0 Å². The zero-order chi connectivity index (χ0) is 19.8. The van der Waals surface area contributed by atoms with E-state index < -0.39 is 5.97 Å². The number of nitrogens with zero attached hydrogens (tertiary/aromatic N) is 4. The second kappa shape index (κ2) is 9.96. The lowest BCUT2D eigenvalue weighted by Gasteiger charge is -2.20. The summed E-state index contributed by atoms with van der Waals surface area (Å²) in [7, 11) is 0. The summed E-state index contributed by atoms with van der Waals surface area (Å²) in [6, 6.07) is 7.89. The standard InChI is InChI=1S/C20H27N5O3/c1-15-9-11-16(12-10-15)20-22-24-25(23-20)13-19(27)28-14-18(26)21-17-7-5-3-2-4-6-8-17/h9-12,17H,2-8,13-14H2,1H3,(H,21,26). The van der Waals surface area contributed by atoms with E-state index in [2.05, 4.69) is 20.7 Å². The summed E-state index contributed by atoms with van der Waals surface area (Å²) >= 11 is 0. The fraction of sp³-hybridized carbons (Fsp3) is 0.550. The molecule has 8 nitrogen and oxygen atoms in total. The van der Waals surface area contributed by atoms with Crippen molar-refractivity contribution in [1.29, 1.82) is 0 Å². The molecule has 0 aliphatic heterocycles. The Hall–Kier alpha value is -2.77. The molecular weight excluding hydrogens is 358 g/mol. The summed E-state index contributed by atoms with van der Waals surface area (Å²) in [6.07, 6.45) is 7.96. The molecule has 0 saturated heterocycles. The minimum atomic E-state index is -0.569. The smallest absolute Gasteiger partial charge is 0.330 e. The molecule has 2 aromatic rings. The number of hydrogen-bond acceptors (Lipinski definition) is 6. The van der Waals surface area contributed by atoms with Crippen molar-refractivity contribution in [3.63, 3.8) is 0 Å². The molecule has 1 aliphatic carbocycles. The van der Waals surface area contributed by atoms with Gasteiger partial charge in [-0.25, -0.2) is 4.79 Å². The molecule has 28 heavy (non-hydrogen) atoms. The number of rotatable bonds is 6. The first-order valence-corrected chi connectivity index (χ1v) is 9.90. The van der Waals surface area contributed by atoms with E-state index in [1.54, 1.807) is 0 Å². The van der Waals surface area contributed by atoms with Crippen molar-refractivity contribution in [3.05, 3.63) is 29.8 Å². The van der Waals surface area contributed by atoms with Crippen LogP contribution in [-0.4, -0.2) is 44.7 Å². The van der Waals surface area contributed by atoms with E-state index in [1.807, 2.05) is 31.2 Å². The minimum Gasteiger partial charge on any atom is -0.454 e. The molecule has 3 rings (SSSR count).